The highest BCUT2D eigenvalue weighted by Gasteiger charge is 2.15. The Morgan fingerprint density at radius 2 is 1.94 bits per heavy atom. The summed E-state index contributed by atoms with van der Waals surface area (Å²) in [6, 6.07) is -0.797. The van der Waals surface area contributed by atoms with Gasteiger partial charge in [0, 0.05) is 13.0 Å². The molecule has 0 radical (unpaired) electrons. The number of aliphatic carboxylic acids is 1. The quantitative estimate of drug-likeness (QED) is 0.717. The average Bonchev–Trinajstić information content (AvgIpc) is 2.27. The molecule has 2 N–H and O–H groups in total. The van der Waals surface area contributed by atoms with Gasteiger partial charge in [-0.1, -0.05) is 6.42 Å². The van der Waals surface area contributed by atoms with Crippen molar-refractivity contribution in [2.45, 2.75) is 38.6 Å². The van der Waals surface area contributed by atoms with E-state index in [4.69, 9.17) is 5.11 Å². The molecule has 1 aliphatic heterocycles. The Bertz CT molecular complexity index is 250. The van der Waals surface area contributed by atoms with E-state index in [0.29, 0.717) is 6.42 Å². The number of carbonyl (C=O) groups excluding carboxylic acids is 1. The molecule has 5 nitrogen and oxygen atoms in total. The molecule has 0 aromatic heterocycles. The normalized spacial score (nSPS) is 19.1. The SMILES string of the molecule is C[C@H](NC(=O)CCN1CCCCC1)C(=O)O. The third-order valence-electron chi connectivity index (χ3n) is 2.85. The van der Waals surface area contributed by atoms with E-state index in [9.17, 15) is 9.59 Å². The molecule has 1 atom stereocenters. The molecule has 1 amide bonds. The number of nitrogens with one attached hydrogen (secondary N) is 1. The topological polar surface area (TPSA) is 69.6 Å². The van der Waals surface area contributed by atoms with Crippen LogP contribution in [0.4, 0.5) is 0 Å². The summed E-state index contributed by atoms with van der Waals surface area (Å²) >= 11 is 0. The van der Waals surface area contributed by atoms with Gasteiger partial charge < -0.3 is 15.3 Å². The van der Waals surface area contributed by atoms with Crippen molar-refractivity contribution in [1.29, 1.82) is 0 Å². The summed E-state index contributed by atoms with van der Waals surface area (Å²) in [5.74, 6) is -1.17. The van der Waals surface area contributed by atoms with Crippen LogP contribution in [0.2, 0.25) is 0 Å². The summed E-state index contributed by atoms with van der Waals surface area (Å²) < 4.78 is 0. The van der Waals surface area contributed by atoms with Crippen LogP contribution in [0.3, 0.4) is 0 Å². The third-order valence-corrected chi connectivity index (χ3v) is 2.85. The maximum atomic E-state index is 11.4. The van der Waals surface area contributed by atoms with Gasteiger partial charge in [-0.15, -0.1) is 0 Å². The second-order valence-electron chi connectivity index (χ2n) is 4.28. The first kappa shape index (κ1) is 13.0. The van der Waals surface area contributed by atoms with Crippen LogP contribution in [0.15, 0.2) is 0 Å². The van der Waals surface area contributed by atoms with Crippen LogP contribution < -0.4 is 5.32 Å². The molecule has 0 bridgehead atoms. The summed E-state index contributed by atoms with van der Waals surface area (Å²) in [6.45, 7) is 4.32. The van der Waals surface area contributed by atoms with Crippen LogP contribution in [0.1, 0.15) is 32.6 Å². The number of carboxylic acid groups (broad SMARTS) is 1. The molecular weight excluding hydrogens is 208 g/mol. The summed E-state index contributed by atoms with van der Waals surface area (Å²) in [4.78, 5) is 24.2. The molecule has 5 heteroatoms. The van der Waals surface area contributed by atoms with E-state index in [1.54, 1.807) is 0 Å². The zero-order valence-corrected chi connectivity index (χ0v) is 9.74. The number of amides is 1. The van der Waals surface area contributed by atoms with E-state index in [0.717, 1.165) is 19.6 Å². The molecule has 0 spiro atoms. The van der Waals surface area contributed by atoms with E-state index in [1.807, 2.05) is 0 Å². The van der Waals surface area contributed by atoms with Gasteiger partial charge in [0.2, 0.25) is 5.91 Å². The lowest BCUT2D eigenvalue weighted by molar-refractivity contribution is -0.141. The Hall–Kier alpha value is -1.10. The Labute approximate surface area is 95.8 Å². The first-order valence-corrected chi connectivity index (χ1v) is 5.84. The molecular formula is C11H20N2O3. The highest BCUT2D eigenvalue weighted by molar-refractivity contribution is 5.83. The van der Waals surface area contributed by atoms with Crippen molar-refractivity contribution in [1.82, 2.24) is 10.2 Å². The number of nitrogens with zero attached hydrogens (tertiary/aromatic N) is 1. The zero-order chi connectivity index (χ0) is 12.0. The molecule has 0 aromatic rings. The van der Waals surface area contributed by atoms with Crippen LogP contribution >= 0.6 is 0 Å². The van der Waals surface area contributed by atoms with Gasteiger partial charge in [-0.3, -0.25) is 9.59 Å². The second-order valence-corrected chi connectivity index (χ2v) is 4.28. The number of hydrogen-bond donors (Lipinski definition) is 2. The molecule has 0 unspecified atom stereocenters. The minimum atomic E-state index is -0.994. The fourth-order valence-corrected chi connectivity index (χ4v) is 1.82. The van der Waals surface area contributed by atoms with Crippen LogP contribution in [0.5, 0.6) is 0 Å². The van der Waals surface area contributed by atoms with Crippen LogP contribution in [-0.2, 0) is 9.59 Å². The van der Waals surface area contributed by atoms with Gasteiger partial charge in [0.15, 0.2) is 0 Å². The van der Waals surface area contributed by atoms with Crippen LogP contribution in [-0.4, -0.2) is 47.6 Å². The molecule has 1 heterocycles. The molecule has 1 saturated heterocycles. The lowest BCUT2D eigenvalue weighted by atomic mass is 10.1. The zero-order valence-electron chi connectivity index (χ0n) is 9.74. The first-order chi connectivity index (χ1) is 7.59. The Kier molecular flexibility index (Phi) is 5.25. The predicted octanol–water partition coefficient (Wildman–Crippen LogP) is 0.452. The van der Waals surface area contributed by atoms with Crippen molar-refractivity contribution < 1.29 is 14.7 Å². The standard InChI is InChI=1S/C11H20N2O3/c1-9(11(15)16)12-10(14)5-8-13-6-3-2-4-7-13/h9H,2-8H2,1H3,(H,12,14)(H,15,16)/t9-/m0/s1. The van der Waals surface area contributed by atoms with Crippen molar-refractivity contribution in [3.63, 3.8) is 0 Å². The monoisotopic (exact) mass is 228 g/mol. The van der Waals surface area contributed by atoms with Gasteiger partial charge in [0.25, 0.3) is 0 Å². The van der Waals surface area contributed by atoms with Gasteiger partial charge >= 0.3 is 5.97 Å². The van der Waals surface area contributed by atoms with Gasteiger partial charge in [-0.05, 0) is 32.9 Å². The van der Waals surface area contributed by atoms with Crippen LogP contribution in [0, 0.1) is 0 Å². The highest BCUT2D eigenvalue weighted by Crippen LogP contribution is 2.08. The third kappa shape index (κ3) is 4.61. The Balaban J connectivity index is 2.16. The molecule has 1 aliphatic rings. The summed E-state index contributed by atoms with van der Waals surface area (Å²) in [5, 5.41) is 11.1. The Morgan fingerprint density at radius 3 is 2.50 bits per heavy atom. The molecule has 1 fully saturated rings. The largest absolute Gasteiger partial charge is 0.480 e. The number of piperidine rings is 1. The van der Waals surface area contributed by atoms with E-state index in [-0.39, 0.29) is 5.91 Å². The lowest BCUT2D eigenvalue weighted by Gasteiger charge is -2.26. The van der Waals surface area contributed by atoms with E-state index < -0.39 is 12.0 Å². The minimum absolute atomic E-state index is 0.180. The molecule has 1 rings (SSSR count). The van der Waals surface area contributed by atoms with E-state index >= 15 is 0 Å². The minimum Gasteiger partial charge on any atom is -0.480 e. The first-order valence-electron chi connectivity index (χ1n) is 5.84. The summed E-state index contributed by atoms with van der Waals surface area (Å²) in [5.41, 5.74) is 0. The van der Waals surface area contributed by atoms with Crippen molar-refractivity contribution in [2.75, 3.05) is 19.6 Å². The number of likely N-dealkylation sites (tertiary alicyclic amines) is 1. The maximum absolute atomic E-state index is 11.4. The van der Waals surface area contributed by atoms with E-state index in [1.165, 1.54) is 26.2 Å². The van der Waals surface area contributed by atoms with Gasteiger partial charge in [0.05, 0.1) is 0 Å². The van der Waals surface area contributed by atoms with Crippen molar-refractivity contribution in [2.24, 2.45) is 0 Å². The van der Waals surface area contributed by atoms with Crippen molar-refractivity contribution >= 4 is 11.9 Å². The fourth-order valence-electron chi connectivity index (χ4n) is 1.82. The smallest absolute Gasteiger partial charge is 0.325 e. The predicted molar refractivity (Wildman–Crippen MR) is 60.1 cm³/mol. The molecule has 16 heavy (non-hydrogen) atoms. The van der Waals surface area contributed by atoms with Gasteiger partial charge in [-0.2, -0.15) is 0 Å². The van der Waals surface area contributed by atoms with Crippen molar-refractivity contribution in [3.8, 4) is 0 Å². The highest BCUT2D eigenvalue weighted by atomic mass is 16.4. The molecule has 0 saturated carbocycles. The van der Waals surface area contributed by atoms with E-state index in [2.05, 4.69) is 10.2 Å². The number of carbonyl (C=O) groups is 2. The Morgan fingerprint density at radius 1 is 1.31 bits per heavy atom. The molecule has 0 aliphatic carbocycles. The lowest BCUT2D eigenvalue weighted by Crippen LogP contribution is -2.40. The summed E-state index contributed by atoms with van der Waals surface area (Å²) in [7, 11) is 0. The summed E-state index contributed by atoms with van der Waals surface area (Å²) in [6.07, 6.45) is 4.07. The molecule has 0 aromatic carbocycles. The average molecular weight is 228 g/mol. The number of carboxylic acids is 1. The molecule has 92 valence electrons. The second kappa shape index (κ2) is 6.48. The van der Waals surface area contributed by atoms with Gasteiger partial charge in [-0.25, -0.2) is 0 Å². The van der Waals surface area contributed by atoms with Gasteiger partial charge in [0.1, 0.15) is 6.04 Å². The number of rotatable bonds is 5. The maximum Gasteiger partial charge on any atom is 0.325 e. The fraction of sp³-hybridized carbons (Fsp3) is 0.818. The van der Waals surface area contributed by atoms with Crippen molar-refractivity contribution in [3.05, 3.63) is 0 Å². The number of hydrogen-bond acceptors (Lipinski definition) is 3. The van der Waals surface area contributed by atoms with Crippen LogP contribution in [0.25, 0.3) is 0 Å².